The van der Waals surface area contributed by atoms with Crippen LogP contribution < -0.4 is 14.8 Å². The zero-order valence-electron chi connectivity index (χ0n) is 21.2. The SMILES string of the molecule is COc1ccc(OC)c(CCc2cccc3c2C2CC4C(=O)N(CC5CCCC5)C(=O)N4CC2N3)c1. The Bertz CT molecular complexity index is 1180. The monoisotopic (exact) mass is 489 g/mol. The first-order valence-electron chi connectivity index (χ1n) is 13.3. The second-order valence-electron chi connectivity index (χ2n) is 10.7. The third-order valence-electron chi connectivity index (χ3n) is 8.74. The van der Waals surface area contributed by atoms with E-state index in [1.54, 1.807) is 19.1 Å². The van der Waals surface area contributed by atoms with Gasteiger partial charge in [0.25, 0.3) is 5.91 Å². The lowest BCUT2D eigenvalue weighted by molar-refractivity contribution is -0.129. The first kappa shape index (κ1) is 23.2. The smallest absolute Gasteiger partial charge is 0.327 e. The number of imide groups is 1. The van der Waals surface area contributed by atoms with Crippen LogP contribution in [0.2, 0.25) is 0 Å². The lowest BCUT2D eigenvalue weighted by Gasteiger charge is -2.35. The molecule has 7 heteroatoms. The molecule has 2 saturated heterocycles. The van der Waals surface area contributed by atoms with Gasteiger partial charge < -0.3 is 19.7 Å². The number of hydrogen-bond donors (Lipinski definition) is 1. The van der Waals surface area contributed by atoms with E-state index in [0.29, 0.717) is 25.4 Å². The molecule has 3 amide bonds. The highest BCUT2D eigenvalue weighted by Crippen LogP contribution is 2.46. The molecular weight excluding hydrogens is 454 g/mol. The van der Waals surface area contributed by atoms with Crippen LogP contribution in [-0.2, 0) is 17.6 Å². The van der Waals surface area contributed by atoms with Crippen molar-refractivity contribution >= 4 is 17.6 Å². The Hall–Kier alpha value is -3.22. The number of hydrogen-bond acceptors (Lipinski definition) is 5. The molecule has 3 unspecified atom stereocenters. The molecule has 0 spiro atoms. The predicted molar refractivity (Wildman–Crippen MR) is 138 cm³/mol. The van der Waals surface area contributed by atoms with Crippen LogP contribution in [0.25, 0.3) is 0 Å². The fraction of sp³-hybridized carbons (Fsp3) is 0.517. The number of urea groups is 1. The lowest BCUT2D eigenvalue weighted by Crippen LogP contribution is -2.49. The van der Waals surface area contributed by atoms with Crippen LogP contribution in [0, 0.1) is 5.92 Å². The molecule has 1 N–H and O–H groups in total. The van der Waals surface area contributed by atoms with Crippen LogP contribution in [-0.4, -0.2) is 61.1 Å². The maximum Gasteiger partial charge on any atom is 0.327 e. The van der Waals surface area contributed by atoms with E-state index in [9.17, 15) is 9.59 Å². The molecular formula is C29H35N3O4. The average Bonchev–Trinajstić information content (AvgIpc) is 3.60. The first-order valence-corrected chi connectivity index (χ1v) is 13.3. The number of rotatable bonds is 7. The number of benzene rings is 2. The fourth-order valence-corrected chi connectivity index (χ4v) is 6.90. The molecule has 0 radical (unpaired) electrons. The van der Waals surface area contributed by atoms with Gasteiger partial charge in [0.1, 0.15) is 17.5 Å². The van der Waals surface area contributed by atoms with Gasteiger partial charge in [-0.15, -0.1) is 0 Å². The van der Waals surface area contributed by atoms with Gasteiger partial charge in [-0.05, 0) is 79.0 Å². The number of aryl methyl sites for hydroxylation is 2. The molecule has 2 aromatic rings. The number of fused-ring (bicyclic) bond motifs is 4. The van der Waals surface area contributed by atoms with Gasteiger partial charge in [-0.2, -0.15) is 0 Å². The molecule has 36 heavy (non-hydrogen) atoms. The predicted octanol–water partition coefficient (Wildman–Crippen LogP) is 4.59. The summed E-state index contributed by atoms with van der Waals surface area (Å²) >= 11 is 0. The second-order valence-corrected chi connectivity index (χ2v) is 10.7. The minimum Gasteiger partial charge on any atom is -0.497 e. The third-order valence-corrected chi connectivity index (χ3v) is 8.74. The van der Waals surface area contributed by atoms with Gasteiger partial charge in [-0.1, -0.05) is 25.0 Å². The van der Waals surface area contributed by atoms with Gasteiger partial charge in [-0.25, -0.2) is 4.79 Å². The summed E-state index contributed by atoms with van der Waals surface area (Å²) < 4.78 is 11.0. The molecule has 0 bridgehead atoms. The van der Waals surface area contributed by atoms with Crippen molar-refractivity contribution in [2.75, 3.05) is 32.6 Å². The Morgan fingerprint density at radius 3 is 2.58 bits per heavy atom. The quantitative estimate of drug-likeness (QED) is 0.576. The van der Waals surface area contributed by atoms with Crippen molar-refractivity contribution in [2.45, 2.75) is 62.9 Å². The first-order chi connectivity index (χ1) is 17.6. The summed E-state index contributed by atoms with van der Waals surface area (Å²) in [5.74, 6) is 2.40. The number of amides is 3. The molecule has 2 aromatic carbocycles. The molecule has 6 rings (SSSR count). The average molecular weight is 490 g/mol. The Balaban J connectivity index is 1.22. The molecule has 7 nitrogen and oxygen atoms in total. The van der Waals surface area contributed by atoms with Crippen LogP contribution in [0.1, 0.15) is 54.7 Å². The molecule has 190 valence electrons. The summed E-state index contributed by atoms with van der Waals surface area (Å²) in [6, 6.07) is 12.1. The van der Waals surface area contributed by atoms with E-state index >= 15 is 0 Å². The summed E-state index contributed by atoms with van der Waals surface area (Å²) in [5, 5.41) is 3.68. The largest absolute Gasteiger partial charge is 0.497 e. The summed E-state index contributed by atoms with van der Waals surface area (Å²) in [7, 11) is 3.38. The minimum atomic E-state index is -0.334. The number of anilines is 1. The molecule has 3 heterocycles. The van der Waals surface area contributed by atoms with E-state index in [1.807, 2.05) is 23.1 Å². The Kier molecular flexibility index (Phi) is 6.02. The second kappa shape index (κ2) is 9.34. The summed E-state index contributed by atoms with van der Waals surface area (Å²) in [4.78, 5) is 30.0. The molecule has 4 aliphatic rings. The zero-order valence-corrected chi connectivity index (χ0v) is 21.2. The number of nitrogens with zero attached hydrogens (tertiary/aromatic N) is 2. The van der Waals surface area contributed by atoms with Crippen LogP contribution in [0.5, 0.6) is 11.5 Å². The van der Waals surface area contributed by atoms with E-state index < -0.39 is 0 Å². The highest BCUT2D eigenvalue weighted by molar-refractivity contribution is 6.04. The number of nitrogens with one attached hydrogen (secondary N) is 1. The van der Waals surface area contributed by atoms with Crippen molar-refractivity contribution in [3.8, 4) is 11.5 Å². The molecule has 1 aliphatic carbocycles. The van der Waals surface area contributed by atoms with Gasteiger partial charge in [-0.3, -0.25) is 9.69 Å². The lowest BCUT2D eigenvalue weighted by atomic mass is 9.81. The maximum absolute atomic E-state index is 13.4. The number of methoxy groups -OCH3 is 2. The van der Waals surface area contributed by atoms with Crippen LogP contribution in [0.4, 0.5) is 10.5 Å². The van der Waals surface area contributed by atoms with Crippen molar-refractivity contribution in [3.63, 3.8) is 0 Å². The molecule has 3 atom stereocenters. The van der Waals surface area contributed by atoms with Crippen molar-refractivity contribution in [1.29, 1.82) is 0 Å². The van der Waals surface area contributed by atoms with Crippen LogP contribution in [0.3, 0.4) is 0 Å². The molecule has 3 aliphatic heterocycles. The number of ether oxygens (including phenoxy) is 2. The van der Waals surface area contributed by atoms with Crippen molar-refractivity contribution in [3.05, 3.63) is 53.1 Å². The molecule has 3 fully saturated rings. The topological polar surface area (TPSA) is 71.1 Å². The zero-order chi connectivity index (χ0) is 24.8. The highest BCUT2D eigenvalue weighted by Gasteiger charge is 2.53. The normalized spacial score (nSPS) is 25.0. The summed E-state index contributed by atoms with van der Waals surface area (Å²) in [6.45, 7) is 1.18. The van der Waals surface area contributed by atoms with E-state index in [2.05, 4.69) is 23.5 Å². The van der Waals surface area contributed by atoms with E-state index in [0.717, 1.165) is 48.4 Å². The van der Waals surface area contributed by atoms with Crippen molar-refractivity contribution in [2.24, 2.45) is 5.92 Å². The third kappa shape index (κ3) is 3.89. The van der Waals surface area contributed by atoms with Crippen molar-refractivity contribution < 1.29 is 19.1 Å². The minimum absolute atomic E-state index is 0.0115. The van der Waals surface area contributed by atoms with E-state index in [-0.39, 0.29) is 29.9 Å². The van der Waals surface area contributed by atoms with Gasteiger partial charge in [0.15, 0.2) is 0 Å². The van der Waals surface area contributed by atoms with Crippen molar-refractivity contribution in [1.82, 2.24) is 9.80 Å². The maximum atomic E-state index is 13.4. The summed E-state index contributed by atoms with van der Waals surface area (Å²) in [6.07, 6.45) is 7.07. The highest BCUT2D eigenvalue weighted by atomic mass is 16.5. The van der Waals surface area contributed by atoms with Crippen LogP contribution in [0.15, 0.2) is 36.4 Å². The van der Waals surface area contributed by atoms with Gasteiger partial charge in [0, 0.05) is 24.7 Å². The Labute approximate surface area is 212 Å². The number of carbonyl (C=O) groups is 2. The number of piperidine rings is 1. The summed E-state index contributed by atoms with van der Waals surface area (Å²) in [5.41, 5.74) is 4.87. The molecule has 1 saturated carbocycles. The van der Waals surface area contributed by atoms with Gasteiger partial charge in [0.2, 0.25) is 0 Å². The van der Waals surface area contributed by atoms with Gasteiger partial charge >= 0.3 is 6.03 Å². The van der Waals surface area contributed by atoms with Gasteiger partial charge in [0.05, 0.1) is 20.3 Å². The number of carbonyl (C=O) groups excluding carboxylic acids is 2. The Morgan fingerprint density at radius 2 is 1.81 bits per heavy atom. The van der Waals surface area contributed by atoms with Crippen LogP contribution >= 0.6 is 0 Å². The van der Waals surface area contributed by atoms with E-state index in [4.69, 9.17) is 9.47 Å². The fourth-order valence-electron chi connectivity index (χ4n) is 6.90. The molecule has 0 aromatic heterocycles. The van der Waals surface area contributed by atoms with E-state index in [1.165, 1.54) is 24.0 Å². The standard InChI is InChI=1S/C29H35N3O4/c1-35-21-12-13-26(36-2)20(14-21)11-10-19-8-5-9-23-27(19)22-15-25-28(33)32(16-18-6-3-4-7-18)29(34)31(25)17-24(22)30-23/h5,8-9,12-14,18,22,24-25,30H,3-4,6-7,10-11,15-17H2,1-2H3. The Morgan fingerprint density at radius 1 is 1.00 bits per heavy atom.